The molecule has 0 aliphatic rings. The number of methoxy groups -OCH3 is 1. The van der Waals surface area contributed by atoms with Crippen molar-refractivity contribution in [1.82, 2.24) is 4.98 Å². The molecule has 0 spiro atoms. The molecule has 0 bridgehead atoms. The zero-order valence-corrected chi connectivity index (χ0v) is 9.95. The largest absolute Gasteiger partial charge is 0.495 e. The summed E-state index contributed by atoms with van der Waals surface area (Å²) in [5, 5.41) is 0. The molecule has 0 amide bonds. The van der Waals surface area contributed by atoms with Crippen LogP contribution in [0.2, 0.25) is 0 Å². The lowest BCUT2D eigenvalue weighted by atomic mass is 9.81. The van der Waals surface area contributed by atoms with Gasteiger partial charge in [0.2, 0.25) is 0 Å². The van der Waals surface area contributed by atoms with Crippen molar-refractivity contribution in [2.24, 2.45) is 11.7 Å². The van der Waals surface area contributed by atoms with Crippen LogP contribution in [-0.2, 0) is 5.54 Å². The van der Waals surface area contributed by atoms with Crippen molar-refractivity contribution >= 4 is 0 Å². The number of rotatable bonds is 4. The van der Waals surface area contributed by atoms with E-state index in [1.165, 1.54) is 0 Å². The van der Waals surface area contributed by atoms with Gasteiger partial charge in [0.1, 0.15) is 5.75 Å². The van der Waals surface area contributed by atoms with Crippen LogP contribution in [0, 0.1) is 5.92 Å². The maximum absolute atomic E-state index is 6.32. The van der Waals surface area contributed by atoms with E-state index in [0.29, 0.717) is 5.92 Å². The Morgan fingerprint density at radius 3 is 2.73 bits per heavy atom. The van der Waals surface area contributed by atoms with Crippen LogP contribution < -0.4 is 10.5 Å². The molecular formula is C12H20N2O. The molecule has 0 saturated heterocycles. The van der Waals surface area contributed by atoms with Gasteiger partial charge in [0.15, 0.2) is 0 Å². The van der Waals surface area contributed by atoms with Crippen LogP contribution in [0.5, 0.6) is 5.75 Å². The number of nitrogens with zero attached hydrogens (tertiary/aromatic N) is 1. The third-order valence-electron chi connectivity index (χ3n) is 3.21. The SMILES string of the molecule is CCC(C)C(C)(N)c1cncc(OC)c1. The van der Waals surface area contributed by atoms with Crippen molar-refractivity contribution in [3.8, 4) is 5.75 Å². The minimum atomic E-state index is -0.351. The fourth-order valence-electron chi connectivity index (χ4n) is 1.53. The van der Waals surface area contributed by atoms with Crippen LogP contribution >= 0.6 is 0 Å². The Morgan fingerprint density at radius 2 is 2.20 bits per heavy atom. The Morgan fingerprint density at radius 1 is 1.53 bits per heavy atom. The lowest BCUT2D eigenvalue weighted by Gasteiger charge is -2.31. The van der Waals surface area contributed by atoms with E-state index in [4.69, 9.17) is 10.5 Å². The smallest absolute Gasteiger partial charge is 0.137 e. The first kappa shape index (κ1) is 12.0. The number of ether oxygens (including phenoxy) is 1. The highest BCUT2D eigenvalue weighted by molar-refractivity contribution is 5.29. The van der Waals surface area contributed by atoms with Crippen LogP contribution in [0.25, 0.3) is 0 Å². The molecule has 0 aromatic carbocycles. The Balaban J connectivity index is 3.03. The molecule has 1 rings (SSSR count). The molecule has 1 aromatic rings. The topological polar surface area (TPSA) is 48.1 Å². The molecular weight excluding hydrogens is 188 g/mol. The van der Waals surface area contributed by atoms with Crippen molar-refractivity contribution in [2.45, 2.75) is 32.7 Å². The molecule has 0 radical (unpaired) electrons. The number of nitrogens with two attached hydrogens (primary N) is 1. The van der Waals surface area contributed by atoms with E-state index in [2.05, 4.69) is 18.8 Å². The van der Waals surface area contributed by atoms with Crippen molar-refractivity contribution in [3.63, 3.8) is 0 Å². The minimum absolute atomic E-state index is 0.351. The van der Waals surface area contributed by atoms with E-state index in [0.717, 1.165) is 17.7 Å². The first-order valence-electron chi connectivity index (χ1n) is 5.30. The summed E-state index contributed by atoms with van der Waals surface area (Å²) in [7, 11) is 1.64. The predicted molar refractivity (Wildman–Crippen MR) is 61.8 cm³/mol. The second kappa shape index (κ2) is 4.62. The Kier molecular flexibility index (Phi) is 3.69. The summed E-state index contributed by atoms with van der Waals surface area (Å²) in [6.45, 7) is 6.33. The molecule has 15 heavy (non-hydrogen) atoms. The van der Waals surface area contributed by atoms with Gasteiger partial charge in [-0.25, -0.2) is 0 Å². The second-order valence-electron chi connectivity index (χ2n) is 4.21. The highest BCUT2D eigenvalue weighted by Gasteiger charge is 2.27. The van der Waals surface area contributed by atoms with E-state index in [1.54, 1.807) is 13.3 Å². The predicted octanol–water partition coefficient (Wildman–Crippen LogP) is 2.31. The van der Waals surface area contributed by atoms with E-state index in [-0.39, 0.29) is 5.54 Å². The second-order valence-corrected chi connectivity index (χ2v) is 4.21. The van der Waals surface area contributed by atoms with Crippen LogP contribution in [0.15, 0.2) is 18.5 Å². The lowest BCUT2D eigenvalue weighted by molar-refractivity contribution is 0.313. The molecule has 3 heteroatoms. The zero-order valence-electron chi connectivity index (χ0n) is 9.95. The van der Waals surface area contributed by atoms with Gasteiger partial charge in [0, 0.05) is 11.7 Å². The average molecular weight is 208 g/mol. The molecule has 84 valence electrons. The Labute approximate surface area is 91.7 Å². The molecule has 3 nitrogen and oxygen atoms in total. The van der Waals surface area contributed by atoms with E-state index in [1.807, 2.05) is 19.2 Å². The van der Waals surface area contributed by atoms with Gasteiger partial charge in [0.25, 0.3) is 0 Å². The van der Waals surface area contributed by atoms with Crippen molar-refractivity contribution < 1.29 is 4.74 Å². The standard InChI is InChI=1S/C12H20N2O/c1-5-9(2)12(3,13)10-6-11(15-4)8-14-7-10/h6-9H,5,13H2,1-4H3. The summed E-state index contributed by atoms with van der Waals surface area (Å²) in [5.74, 6) is 1.17. The highest BCUT2D eigenvalue weighted by Crippen LogP contribution is 2.29. The normalized spacial score (nSPS) is 16.9. The molecule has 0 saturated carbocycles. The molecule has 2 unspecified atom stereocenters. The third-order valence-corrected chi connectivity index (χ3v) is 3.21. The number of pyridine rings is 1. The van der Waals surface area contributed by atoms with E-state index in [9.17, 15) is 0 Å². The summed E-state index contributed by atoms with van der Waals surface area (Å²) in [6, 6.07) is 1.96. The molecule has 0 aliphatic carbocycles. The molecule has 2 N–H and O–H groups in total. The van der Waals surface area contributed by atoms with Crippen molar-refractivity contribution in [2.75, 3.05) is 7.11 Å². The summed E-state index contributed by atoms with van der Waals surface area (Å²) in [6.07, 6.45) is 4.55. The third kappa shape index (κ3) is 2.48. The summed E-state index contributed by atoms with van der Waals surface area (Å²) in [5.41, 5.74) is 6.99. The quantitative estimate of drug-likeness (QED) is 0.826. The van der Waals surface area contributed by atoms with Gasteiger partial charge in [-0.2, -0.15) is 0 Å². The van der Waals surface area contributed by atoms with Gasteiger partial charge in [-0.3, -0.25) is 4.98 Å². The van der Waals surface area contributed by atoms with Gasteiger partial charge < -0.3 is 10.5 Å². The first-order chi connectivity index (χ1) is 7.02. The molecule has 0 aliphatic heterocycles. The monoisotopic (exact) mass is 208 g/mol. The van der Waals surface area contributed by atoms with Gasteiger partial charge in [-0.05, 0) is 24.5 Å². The lowest BCUT2D eigenvalue weighted by Crippen LogP contribution is -2.39. The number of hydrogen-bond donors (Lipinski definition) is 1. The first-order valence-corrected chi connectivity index (χ1v) is 5.30. The zero-order chi connectivity index (χ0) is 11.5. The number of hydrogen-bond acceptors (Lipinski definition) is 3. The summed E-state index contributed by atoms with van der Waals surface area (Å²) >= 11 is 0. The van der Waals surface area contributed by atoms with Crippen LogP contribution in [0.1, 0.15) is 32.8 Å². The Bertz CT molecular complexity index is 323. The van der Waals surface area contributed by atoms with Gasteiger partial charge in [0.05, 0.1) is 13.3 Å². The number of aromatic nitrogens is 1. The van der Waals surface area contributed by atoms with Crippen molar-refractivity contribution in [1.29, 1.82) is 0 Å². The van der Waals surface area contributed by atoms with Crippen LogP contribution in [-0.4, -0.2) is 12.1 Å². The Hall–Kier alpha value is -1.09. The van der Waals surface area contributed by atoms with Gasteiger partial charge >= 0.3 is 0 Å². The fourth-order valence-corrected chi connectivity index (χ4v) is 1.53. The highest BCUT2D eigenvalue weighted by atomic mass is 16.5. The maximum atomic E-state index is 6.32. The molecule has 0 fully saturated rings. The van der Waals surface area contributed by atoms with E-state index < -0.39 is 0 Å². The van der Waals surface area contributed by atoms with Gasteiger partial charge in [-0.15, -0.1) is 0 Å². The van der Waals surface area contributed by atoms with Gasteiger partial charge in [-0.1, -0.05) is 20.3 Å². The molecule has 2 atom stereocenters. The fraction of sp³-hybridized carbons (Fsp3) is 0.583. The van der Waals surface area contributed by atoms with Crippen LogP contribution in [0.3, 0.4) is 0 Å². The molecule has 1 aromatic heterocycles. The van der Waals surface area contributed by atoms with E-state index >= 15 is 0 Å². The molecule has 1 heterocycles. The summed E-state index contributed by atoms with van der Waals surface area (Å²) in [4.78, 5) is 4.13. The average Bonchev–Trinajstić information content (AvgIpc) is 2.27. The van der Waals surface area contributed by atoms with Crippen molar-refractivity contribution in [3.05, 3.63) is 24.0 Å². The summed E-state index contributed by atoms with van der Waals surface area (Å²) < 4.78 is 5.15. The maximum Gasteiger partial charge on any atom is 0.137 e. The minimum Gasteiger partial charge on any atom is -0.495 e. The van der Waals surface area contributed by atoms with Crippen LogP contribution in [0.4, 0.5) is 0 Å².